The minimum atomic E-state index is -5.03. The number of piperazine rings is 1. The number of nitrogens with zero attached hydrogens (tertiary/aromatic N) is 4. The number of hydrogen-bond acceptors (Lipinski definition) is 6. The highest BCUT2D eigenvalue weighted by Crippen LogP contribution is 2.44. The van der Waals surface area contributed by atoms with Crippen LogP contribution in [-0.2, 0) is 16.9 Å². The quantitative estimate of drug-likeness (QED) is 0.297. The predicted octanol–water partition coefficient (Wildman–Crippen LogP) is 4.34. The van der Waals surface area contributed by atoms with E-state index >= 15 is 0 Å². The molecule has 14 heteroatoms. The number of nitro groups is 1. The summed E-state index contributed by atoms with van der Waals surface area (Å²) in [6.07, 6.45) is -2.27. The van der Waals surface area contributed by atoms with Crippen molar-refractivity contribution in [3.63, 3.8) is 0 Å². The maximum Gasteiger partial charge on any atom is 0.422 e. The highest BCUT2D eigenvalue weighted by molar-refractivity contribution is 5.87. The second-order valence-electron chi connectivity index (χ2n) is 10.6. The molecule has 230 valence electrons. The van der Waals surface area contributed by atoms with Crippen molar-refractivity contribution in [2.75, 3.05) is 45.8 Å². The highest BCUT2D eigenvalue weighted by atomic mass is 35.5. The van der Waals surface area contributed by atoms with Gasteiger partial charge in [0.05, 0.1) is 10.4 Å². The van der Waals surface area contributed by atoms with Crippen LogP contribution in [0.5, 0.6) is 0 Å². The highest BCUT2D eigenvalue weighted by Gasteiger charge is 2.57. The number of amides is 1. The number of rotatable bonds is 7. The van der Waals surface area contributed by atoms with E-state index in [1.54, 1.807) is 17.0 Å². The normalized spacial score (nSPS) is 18.1. The topological polar surface area (TPSA) is 104 Å². The lowest BCUT2D eigenvalue weighted by Gasteiger charge is -2.41. The molecule has 2 saturated heterocycles. The van der Waals surface area contributed by atoms with Crippen LogP contribution < -0.4 is 5.32 Å². The molecule has 9 nitrogen and oxygen atoms in total. The molecule has 3 heterocycles. The van der Waals surface area contributed by atoms with Crippen LogP contribution in [0, 0.1) is 16.0 Å². The zero-order chi connectivity index (χ0) is 28.5. The number of fused-ring (bicyclic) bond motifs is 1. The van der Waals surface area contributed by atoms with Gasteiger partial charge in [-0.3, -0.25) is 19.8 Å². The summed E-state index contributed by atoms with van der Waals surface area (Å²) in [5.74, 6) is -0.0301. The van der Waals surface area contributed by atoms with Crippen molar-refractivity contribution < 1.29 is 28.0 Å². The molecule has 0 bridgehead atoms. The molecule has 0 radical (unpaired) electrons. The molecule has 0 spiro atoms. The molecular weight excluding hydrogens is 598 g/mol. The third kappa shape index (κ3) is 6.84. The van der Waals surface area contributed by atoms with Gasteiger partial charge in [0.1, 0.15) is 0 Å². The number of benzene rings is 2. The van der Waals surface area contributed by atoms with Gasteiger partial charge < -0.3 is 19.9 Å². The van der Waals surface area contributed by atoms with Gasteiger partial charge in [-0.05, 0) is 37.6 Å². The fraction of sp³-hybridized carbons (Fsp3) is 0.464. The molecular formula is C28H34Cl2F3N5O4. The lowest BCUT2D eigenvalue weighted by atomic mass is 9.91. The number of carbonyl (C=O) groups is 1. The number of aliphatic hydroxyl groups is 1. The van der Waals surface area contributed by atoms with Crippen LogP contribution in [0.25, 0.3) is 10.9 Å². The zero-order valence-electron chi connectivity index (χ0n) is 22.8. The van der Waals surface area contributed by atoms with Gasteiger partial charge in [-0.15, -0.1) is 24.8 Å². The Labute approximate surface area is 253 Å². The van der Waals surface area contributed by atoms with Crippen molar-refractivity contribution in [1.29, 1.82) is 0 Å². The van der Waals surface area contributed by atoms with E-state index in [4.69, 9.17) is 0 Å². The first kappa shape index (κ1) is 33.6. The van der Waals surface area contributed by atoms with Gasteiger partial charge in [-0.1, -0.05) is 30.3 Å². The van der Waals surface area contributed by atoms with Crippen molar-refractivity contribution in [2.24, 2.45) is 5.92 Å². The van der Waals surface area contributed by atoms with E-state index in [-0.39, 0.29) is 78.4 Å². The number of piperidine rings is 1. The Hall–Kier alpha value is -2.90. The Kier molecular flexibility index (Phi) is 10.9. The number of hydrogen-bond donors (Lipinski definition) is 2. The van der Waals surface area contributed by atoms with Crippen molar-refractivity contribution in [2.45, 2.75) is 31.2 Å². The Bertz CT molecular complexity index is 1380. The molecule has 1 atom stereocenters. The summed E-state index contributed by atoms with van der Waals surface area (Å²) >= 11 is 0. The summed E-state index contributed by atoms with van der Waals surface area (Å²) in [4.78, 5) is 27.0. The average molecular weight is 633 g/mol. The number of halogens is 5. The third-order valence-corrected chi connectivity index (χ3v) is 8.01. The van der Waals surface area contributed by atoms with E-state index in [0.29, 0.717) is 13.1 Å². The van der Waals surface area contributed by atoms with Crippen LogP contribution >= 0.6 is 24.8 Å². The number of alkyl halides is 3. The van der Waals surface area contributed by atoms with E-state index in [1.165, 1.54) is 27.8 Å². The van der Waals surface area contributed by atoms with Crippen molar-refractivity contribution in [1.82, 2.24) is 19.7 Å². The van der Waals surface area contributed by atoms with E-state index in [0.717, 1.165) is 37.6 Å². The largest absolute Gasteiger partial charge is 0.422 e. The molecule has 2 fully saturated rings. The van der Waals surface area contributed by atoms with Crippen molar-refractivity contribution in [3.05, 3.63) is 76.0 Å². The van der Waals surface area contributed by atoms with Crippen LogP contribution in [0.4, 0.5) is 18.9 Å². The average Bonchev–Trinajstić information content (AvgIpc) is 3.31. The molecule has 2 aliphatic heterocycles. The maximum absolute atomic E-state index is 14.7. The molecule has 5 rings (SSSR count). The molecule has 3 aromatic rings. The minimum Gasteiger partial charge on any atom is -0.375 e. The number of β-amino-alcohol motifs (C(OH)–C–C–N with tert-alkyl or cyclic N) is 1. The van der Waals surface area contributed by atoms with Crippen LogP contribution in [0.1, 0.15) is 24.0 Å². The molecule has 2 aromatic carbocycles. The molecule has 2 N–H and O–H groups in total. The van der Waals surface area contributed by atoms with Gasteiger partial charge in [0.15, 0.2) is 0 Å². The van der Waals surface area contributed by atoms with Crippen LogP contribution in [-0.4, -0.2) is 82.3 Å². The first-order valence-electron chi connectivity index (χ1n) is 13.4. The van der Waals surface area contributed by atoms with Crippen molar-refractivity contribution in [3.8, 4) is 0 Å². The minimum absolute atomic E-state index is 0. The van der Waals surface area contributed by atoms with E-state index < -0.39 is 23.2 Å². The summed E-state index contributed by atoms with van der Waals surface area (Å²) < 4.78 is 45.6. The van der Waals surface area contributed by atoms with Gasteiger partial charge in [-0.2, -0.15) is 13.2 Å². The van der Waals surface area contributed by atoms with Gasteiger partial charge in [0, 0.05) is 74.5 Å². The zero-order valence-corrected chi connectivity index (χ0v) is 24.4. The predicted molar refractivity (Wildman–Crippen MR) is 157 cm³/mol. The smallest absolute Gasteiger partial charge is 0.375 e. The molecule has 0 aliphatic carbocycles. The molecule has 1 aromatic heterocycles. The molecule has 0 saturated carbocycles. The number of nitro benzene ring substituents is 1. The first-order chi connectivity index (χ1) is 19.1. The second kappa shape index (κ2) is 13.6. The standard InChI is InChI=1S/C28H32F3N5O4.2ClH/c29-28(30,31)27(38,19-33-12-14-34(15-13-33)26(37)21-8-10-32-11-9-21)24-18-35(17-20-4-2-1-3-5-20)25-16-22(36(39)40)6-7-23(24)25;;/h1-7,16,18,21,32,38H,8-15,17,19H2;2*1H. The summed E-state index contributed by atoms with van der Waals surface area (Å²) in [6.45, 7) is 1.98. The first-order valence-corrected chi connectivity index (χ1v) is 13.4. The Morgan fingerprint density at radius 1 is 1.02 bits per heavy atom. The van der Waals surface area contributed by atoms with Gasteiger partial charge in [0.2, 0.25) is 11.5 Å². The fourth-order valence-electron chi connectivity index (χ4n) is 5.74. The second-order valence-corrected chi connectivity index (χ2v) is 10.6. The third-order valence-electron chi connectivity index (χ3n) is 8.01. The van der Waals surface area contributed by atoms with E-state index in [2.05, 4.69) is 5.32 Å². The summed E-state index contributed by atoms with van der Waals surface area (Å²) in [5.41, 5.74) is -2.81. The maximum atomic E-state index is 14.7. The number of carbonyl (C=O) groups excluding carboxylic acids is 1. The lowest BCUT2D eigenvalue weighted by molar-refractivity contribution is -0.384. The Balaban J connectivity index is 0.00000242. The summed E-state index contributed by atoms with van der Waals surface area (Å²) in [5, 5.41) is 26.2. The van der Waals surface area contributed by atoms with Crippen LogP contribution in [0.15, 0.2) is 54.7 Å². The Morgan fingerprint density at radius 2 is 1.67 bits per heavy atom. The van der Waals surface area contributed by atoms with Crippen LogP contribution in [0.2, 0.25) is 0 Å². The fourth-order valence-corrected chi connectivity index (χ4v) is 5.74. The molecule has 1 unspecified atom stereocenters. The number of nitrogens with one attached hydrogen (secondary N) is 1. The number of aromatic nitrogens is 1. The number of non-ortho nitro benzene ring substituents is 1. The monoisotopic (exact) mass is 631 g/mol. The van der Waals surface area contributed by atoms with Gasteiger partial charge in [0.25, 0.3) is 5.69 Å². The van der Waals surface area contributed by atoms with Gasteiger partial charge in [-0.25, -0.2) is 0 Å². The lowest BCUT2D eigenvalue weighted by Crippen LogP contribution is -2.57. The van der Waals surface area contributed by atoms with E-state index in [1.807, 2.05) is 18.2 Å². The molecule has 1 amide bonds. The SMILES string of the molecule is Cl.Cl.O=C(C1CCNCC1)N1CCN(CC(O)(c2cn(Cc3ccccc3)c3cc([N+](=O)[O-])ccc23)C(F)(F)F)CC1. The van der Waals surface area contributed by atoms with Gasteiger partial charge >= 0.3 is 6.18 Å². The summed E-state index contributed by atoms with van der Waals surface area (Å²) in [7, 11) is 0. The van der Waals surface area contributed by atoms with Crippen molar-refractivity contribution >= 4 is 47.3 Å². The van der Waals surface area contributed by atoms with E-state index in [9.17, 15) is 33.2 Å². The van der Waals surface area contributed by atoms with Crippen LogP contribution in [0.3, 0.4) is 0 Å². The Morgan fingerprint density at radius 3 is 2.26 bits per heavy atom. The summed E-state index contributed by atoms with van der Waals surface area (Å²) in [6, 6.07) is 12.7. The molecule has 42 heavy (non-hydrogen) atoms. The molecule has 2 aliphatic rings.